The third kappa shape index (κ3) is 8.13. The lowest BCUT2D eigenvalue weighted by atomic mass is 9.98. The molecule has 0 heterocycles. The van der Waals surface area contributed by atoms with Crippen LogP contribution in [-0.4, -0.2) is 35.8 Å². The predicted octanol–water partition coefficient (Wildman–Crippen LogP) is 2.51. The van der Waals surface area contributed by atoms with Crippen LogP contribution in [0.15, 0.2) is 4.99 Å². The SMILES string of the molecule is CCNC(=NCC(O)(CC)CC)NC(C)CC.I. The number of nitrogens with zero attached hydrogens (tertiary/aromatic N) is 1. The van der Waals surface area contributed by atoms with Gasteiger partial charge in [0.05, 0.1) is 12.1 Å². The lowest BCUT2D eigenvalue weighted by Gasteiger charge is -2.24. The maximum atomic E-state index is 10.2. The van der Waals surface area contributed by atoms with Crippen molar-refractivity contribution < 1.29 is 5.11 Å². The molecule has 0 bridgehead atoms. The number of rotatable bonds is 7. The monoisotopic (exact) mass is 371 g/mol. The van der Waals surface area contributed by atoms with Gasteiger partial charge in [0.15, 0.2) is 5.96 Å². The molecule has 0 aromatic rings. The van der Waals surface area contributed by atoms with Gasteiger partial charge in [0.25, 0.3) is 0 Å². The van der Waals surface area contributed by atoms with E-state index in [4.69, 9.17) is 0 Å². The zero-order valence-corrected chi connectivity index (χ0v) is 14.7. The van der Waals surface area contributed by atoms with E-state index in [0.717, 1.165) is 31.8 Å². The molecule has 0 fully saturated rings. The Morgan fingerprint density at radius 2 is 1.78 bits per heavy atom. The molecule has 1 unspecified atom stereocenters. The first kappa shape index (κ1) is 20.3. The third-order valence-corrected chi connectivity index (χ3v) is 3.19. The third-order valence-electron chi connectivity index (χ3n) is 3.19. The Kier molecular flexibility index (Phi) is 12.2. The molecule has 110 valence electrons. The minimum Gasteiger partial charge on any atom is -0.388 e. The molecule has 4 nitrogen and oxygen atoms in total. The van der Waals surface area contributed by atoms with Crippen molar-refractivity contribution in [1.29, 1.82) is 0 Å². The molecule has 5 heteroatoms. The van der Waals surface area contributed by atoms with E-state index in [0.29, 0.717) is 12.6 Å². The Labute approximate surface area is 129 Å². The highest BCUT2D eigenvalue weighted by molar-refractivity contribution is 14.0. The number of halogens is 1. The summed E-state index contributed by atoms with van der Waals surface area (Å²) in [5.41, 5.74) is -0.669. The van der Waals surface area contributed by atoms with E-state index in [2.05, 4.69) is 29.5 Å². The fraction of sp³-hybridized carbons (Fsp3) is 0.923. The average Bonchev–Trinajstić information content (AvgIpc) is 2.35. The van der Waals surface area contributed by atoms with Crippen molar-refractivity contribution in [3.8, 4) is 0 Å². The maximum absolute atomic E-state index is 10.2. The van der Waals surface area contributed by atoms with Crippen LogP contribution in [0.25, 0.3) is 0 Å². The van der Waals surface area contributed by atoms with Gasteiger partial charge in [-0.1, -0.05) is 20.8 Å². The molecule has 0 aromatic carbocycles. The summed E-state index contributed by atoms with van der Waals surface area (Å²) in [4.78, 5) is 4.46. The van der Waals surface area contributed by atoms with Crippen LogP contribution < -0.4 is 10.6 Å². The van der Waals surface area contributed by atoms with E-state index in [1.165, 1.54) is 0 Å². The van der Waals surface area contributed by atoms with E-state index in [1.54, 1.807) is 0 Å². The molecule has 18 heavy (non-hydrogen) atoms. The van der Waals surface area contributed by atoms with E-state index in [9.17, 15) is 5.11 Å². The molecule has 0 aromatic heterocycles. The summed E-state index contributed by atoms with van der Waals surface area (Å²) >= 11 is 0. The first-order chi connectivity index (χ1) is 8.01. The highest BCUT2D eigenvalue weighted by atomic mass is 127. The lowest BCUT2D eigenvalue weighted by Crippen LogP contribution is -2.43. The standard InChI is InChI=1S/C13H29N3O.HI/c1-6-11(5)16-12(14-9-4)15-10-13(17,7-2)8-3;/h11,17H,6-10H2,1-5H3,(H2,14,15,16);1H. The molecule has 0 amide bonds. The zero-order valence-electron chi connectivity index (χ0n) is 12.4. The molecule has 0 saturated heterocycles. The first-order valence-corrected chi connectivity index (χ1v) is 6.78. The molecular weight excluding hydrogens is 341 g/mol. The quantitative estimate of drug-likeness (QED) is 0.366. The van der Waals surface area contributed by atoms with E-state index < -0.39 is 5.60 Å². The number of hydrogen-bond donors (Lipinski definition) is 3. The minimum absolute atomic E-state index is 0. The van der Waals surface area contributed by atoms with E-state index >= 15 is 0 Å². The van der Waals surface area contributed by atoms with Crippen molar-refractivity contribution in [3.05, 3.63) is 0 Å². The molecule has 0 spiro atoms. The van der Waals surface area contributed by atoms with Crippen LogP contribution in [0.3, 0.4) is 0 Å². The number of hydrogen-bond acceptors (Lipinski definition) is 2. The van der Waals surface area contributed by atoms with Gasteiger partial charge in [0.2, 0.25) is 0 Å². The summed E-state index contributed by atoms with van der Waals surface area (Å²) in [7, 11) is 0. The van der Waals surface area contributed by atoms with E-state index in [-0.39, 0.29) is 24.0 Å². The normalized spacial score (nSPS) is 13.8. The summed E-state index contributed by atoms with van der Waals surface area (Å²) < 4.78 is 0. The summed E-state index contributed by atoms with van der Waals surface area (Å²) in [6.07, 6.45) is 2.52. The molecule has 3 N–H and O–H groups in total. The van der Waals surface area contributed by atoms with Gasteiger partial charge < -0.3 is 15.7 Å². The Bertz CT molecular complexity index is 230. The van der Waals surface area contributed by atoms with Crippen LogP contribution in [0, 0.1) is 0 Å². The number of aliphatic imine (C=N–C) groups is 1. The van der Waals surface area contributed by atoms with Crippen LogP contribution >= 0.6 is 24.0 Å². The van der Waals surface area contributed by atoms with Crippen LogP contribution in [-0.2, 0) is 0 Å². The lowest BCUT2D eigenvalue weighted by molar-refractivity contribution is 0.0418. The summed E-state index contributed by atoms with van der Waals surface area (Å²) in [5.74, 6) is 0.794. The van der Waals surface area contributed by atoms with E-state index in [1.807, 2.05) is 20.8 Å². The molecule has 0 saturated carbocycles. The van der Waals surface area contributed by atoms with Crippen LogP contribution in [0.4, 0.5) is 0 Å². The Balaban J connectivity index is 0. The molecule has 0 aliphatic carbocycles. The molecule has 1 atom stereocenters. The number of guanidine groups is 1. The Morgan fingerprint density at radius 1 is 1.22 bits per heavy atom. The maximum Gasteiger partial charge on any atom is 0.191 e. The van der Waals surface area contributed by atoms with Gasteiger partial charge in [-0.05, 0) is 33.1 Å². The van der Waals surface area contributed by atoms with Gasteiger partial charge in [-0.15, -0.1) is 24.0 Å². The first-order valence-electron chi connectivity index (χ1n) is 6.78. The van der Waals surface area contributed by atoms with Crippen molar-refractivity contribution in [3.63, 3.8) is 0 Å². The van der Waals surface area contributed by atoms with Gasteiger partial charge in [0.1, 0.15) is 0 Å². The molecule has 0 radical (unpaired) electrons. The van der Waals surface area contributed by atoms with Gasteiger partial charge in [-0.2, -0.15) is 0 Å². The summed E-state index contributed by atoms with van der Waals surface area (Å²) in [5, 5.41) is 16.7. The largest absolute Gasteiger partial charge is 0.388 e. The highest BCUT2D eigenvalue weighted by Crippen LogP contribution is 2.14. The highest BCUT2D eigenvalue weighted by Gasteiger charge is 2.21. The Hall–Kier alpha value is -0.0400. The smallest absolute Gasteiger partial charge is 0.191 e. The van der Waals surface area contributed by atoms with Gasteiger partial charge >= 0.3 is 0 Å². The molecule has 0 rings (SSSR count). The van der Waals surface area contributed by atoms with Gasteiger partial charge in [-0.3, -0.25) is 4.99 Å². The van der Waals surface area contributed by atoms with Crippen molar-refractivity contribution >= 4 is 29.9 Å². The van der Waals surface area contributed by atoms with Gasteiger partial charge in [-0.25, -0.2) is 0 Å². The number of aliphatic hydroxyl groups is 1. The van der Waals surface area contributed by atoms with Crippen molar-refractivity contribution in [2.75, 3.05) is 13.1 Å². The minimum atomic E-state index is -0.669. The topological polar surface area (TPSA) is 56.7 Å². The number of nitrogens with one attached hydrogen (secondary N) is 2. The van der Waals surface area contributed by atoms with Crippen molar-refractivity contribution in [1.82, 2.24) is 10.6 Å². The zero-order chi connectivity index (χ0) is 13.3. The van der Waals surface area contributed by atoms with Crippen molar-refractivity contribution in [2.45, 2.75) is 65.5 Å². The molecular formula is C13H30IN3O. The summed E-state index contributed by atoms with van der Waals surface area (Å²) in [6, 6.07) is 0.393. The molecule has 0 aliphatic heterocycles. The van der Waals surface area contributed by atoms with Crippen LogP contribution in [0.5, 0.6) is 0 Å². The fourth-order valence-corrected chi connectivity index (χ4v) is 1.36. The summed E-state index contributed by atoms with van der Waals surface area (Å²) in [6.45, 7) is 11.6. The van der Waals surface area contributed by atoms with Crippen molar-refractivity contribution in [2.24, 2.45) is 4.99 Å². The van der Waals surface area contributed by atoms with Crippen LogP contribution in [0.1, 0.15) is 53.9 Å². The predicted molar refractivity (Wildman–Crippen MR) is 89.8 cm³/mol. The fourth-order valence-electron chi connectivity index (χ4n) is 1.36. The second-order valence-corrected chi connectivity index (χ2v) is 4.58. The molecule has 0 aliphatic rings. The van der Waals surface area contributed by atoms with Crippen LogP contribution in [0.2, 0.25) is 0 Å². The second-order valence-electron chi connectivity index (χ2n) is 4.58. The Morgan fingerprint density at radius 3 is 2.17 bits per heavy atom. The second kappa shape index (κ2) is 10.8. The van der Waals surface area contributed by atoms with Gasteiger partial charge in [0, 0.05) is 12.6 Å². The average molecular weight is 371 g/mol.